The van der Waals surface area contributed by atoms with Crippen LogP contribution in [0.4, 0.5) is 0 Å². The van der Waals surface area contributed by atoms with Crippen molar-refractivity contribution in [1.82, 2.24) is 15.5 Å². The van der Waals surface area contributed by atoms with E-state index < -0.39 is 0 Å². The van der Waals surface area contributed by atoms with Gasteiger partial charge in [0.1, 0.15) is 0 Å². The number of likely N-dealkylation sites (N-methyl/N-ethyl adjacent to an activating group) is 1. The molecule has 3 aliphatic rings. The van der Waals surface area contributed by atoms with Crippen molar-refractivity contribution in [2.45, 2.75) is 51.5 Å². The fourth-order valence-electron chi connectivity index (χ4n) is 3.57. The Hall–Kier alpha value is -0.530. The highest BCUT2D eigenvalue weighted by Crippen LogP contribution is 2.49. The predicted octanol–water partition coefficient (Wildman–Crippen LogP) is 2.22. The molecule has 1 atom stereocenters. The summed E-state index contributed by atoms with van der Waals surface area (Å²) in [7, 11) is 1.89. The molecule has 5 nitrogen and oxygen atoms in total. The molecule has 3 fully saturated rings. The molecule has 23 heavy (non-hydrogen) atoms. The van der Waals surface area contributed by atoms with Gasteiger partial charge in [-0.1, -0.05) is 0 Å². The van der Waals surface area contributed by atoms with E-state index in [1.165, 1.54) is 25.7 Å². The lowest BCUT2D eigenvalue weighted by atomic mass is 9.98. The van der Waals surface area contributed by atoms with Crippen molar-refractivity contribution >= 4 is 35.8 Å². The number of likely N-dealkylation sites (tertiary alicyclic amines) is 1. The summed E-state index contributed by atoms with van der Waals surface area (Å²) in [6.07, 6.45) is 7.20. The maximum absolute atomic E-state index is 11.6. The van der Waals surface area contributed by atoms with Gasteiger partial charge < -0.3 is 15.5 Å². The number of guanidine groups is 1. The van der Waals surface area contributed by atoms with E-state index >= 15 is 0 Å². The fraction of sp³-hybridized carbons (Fsp3) is 0.882. The maximum atomic E-state index is 11.6. The molecule has 1 heterocycles. The van der Waals surface area contributed by atoms with Crippen LogP contribution < -0.4 is 10.6 Å². The topological polar surface area (TPSA) is 56.7 Å². The predicted molar refractivity (Wildman–Crippen MR) is 104 cm³/mol. The van der Waals surface area contributed by atoms with E-state index in [-0.39, 0.29) is 29.9 Å². The summed E-state index contributed by atoms with van der Waals surface area (Å²) in [5, 5.41) is 6.89. The summed E-state index contributed by atoms with van der Waals surface area (Å²) in [4.78, 5) is 18.3. The van der Waals surface area contributed by atoms with E-state index in [0.29, 0.717) is 12.5 Å². The zero-order valence-electron chi connectivity index (χ0n) is 14.4. The molecule has 0 aromatic carbocycles. The van der Waals surface area contributed by atoms with Crippen LogP contribution in [0.15, 0.2) is 4.99 Å². The molecule has 3 rings (SSSR count). The van der Waals surface area contributed by atoms with Crippen LogP contribution in [0.25, 0.3) is 0 Å². The molecular weight excluding hydrogens is 403 g/mol. The first-order chi connectivity index (χ1) is 10.7. The Kier molecular flexibility index (Phi) is 6.98. The van der Waals surface area contributed by atoms with Crippen LogP contribution in [0.5, 0.6) is 0 Å². The summed E-state index contributed by atoms with van der Waals surface area (Å²) in [5.74, 6) is 3.88. The number of hydrogen-bond donors (Lipinski definition) is 2. The van der Waals surface area contributed by atoms with Gasteiger partial charge in [-0.3, -0.25) is 9.79 Å². The highest BCUT2D eigenvalue weighted by atomic mass is 127. The lowest BCUT2D eigenvalue weighted by Gasteiger charge is -2.31. The molecule has 2 saturated carbocycles. The Morgan fingerprint density at radius 1 is 1.26 bits per heavy atom. The average molecular weight is 434 g/mol. The van der Waals surface area contributed by atoms with E-state index in [9.17, 15) is 4.79 Å². The van der Waals surface area contributed by atoms with Crippen LogP contribution in [0, 0.1) is 17.8 Å². The second kappa shape index (κ2) is 8.53. The molecule has 1 unspecified atom stereocenters. The van der Waals surface area contributed by atoms with Crippen LogP contribution in [-0.2, 0) is 4.79 Å². The van der Waals surface area contributed by atoms with E-state index in [2.05, 4.69) is 17.6 Å². The first kappa shape index (κ1) is 18.8. The zero-order chi connectivity index (χ0) is 15.5. The minimum atomic E-state index is 0. The standard InChI is InChI=1S/C17H30N4O.HI/c1-3-18-17(20-14-8-9-16(22)21(2)11-14)19-10-15(12-4-5-12)13-6-7-13;/h12-15H,3-11H2,1-2H3,(H2,18,19,20);1H. The Bertz CT molecular complexity index is 422. The van der Waals surface area contributed by atoms with Crippen molar-refractivity contribution in [3.05, 3.63) is 0 Å². The number of carbonyl (C=O) groups is 1. The van der Waals surface area contributed by atoms with Gasteiger partial charge >= 0.3 is 0 Å². The molecule has 6 heteroatoms. The fourth-order valence-corrected chi connectivity index (χ4v) is 3.57. The molecule has 132 valence electrons. The number of rotatable bonds is 6. The smallest absolute Gasteiger partial charge is 0.222 e. The van der Waals surface area contributed by atoms with E-state index in [1.807, 2.05) is 11.9 Å². The summed E-state index contributed by atoms with van der Waals surface area (Å²) < 4.78 is 0. The van der Waals surface area contributed by atoms with Crippen molar-refractivity contribution < 1.29 is 4.79 Å². The molecule has 2 aliphatic carbocycles. The summed E-state index contributed by atoms with van der Waals surface area (Å²) in [6, 6.07) is 0.320. The van der Waals surface area contributed by atoms with Gasteiger partial charge in [0.15, 0.2) is 5.96 Å². The number of nitrogens with one attached hydrogen (secondary N) is 2. The third-order valence-electron chi connectivity index (χ3n) is 5.23. The van der Waals surface area contributed by atoms with Gasteiger partial charge in [0.05, 0.1) is 0 Å². The summed E-state index contributed by atoms with van der Waals surface area (Å²) in [6.45, 7) is 4.72. The number of piperidine rings is 1. The summed E-state index contributed by atoms with van der Waals surface area (Å²) in [5.41, 5.74) is 0. The number of aliphatic imine (C=N–C) groups is 1. The van der Waals surface area contributed by atoms with Crippen LogP contribution in [0.3, 0.4) is 0 Å². The average Bonchev–Trinajstić information content (AvgIpc) is 3.36. The molecular formula is C17H31IN4O. The van der Waals surface area contributed by atoms with Crippen molar-refractivity contribution in [2.24, 2.45) is 22.7 Å². The van der Waals surface area contributed by atoms with Crippen LogP contribution >= 0.6 is 24.0 Å². The Labute approximate surface area is 157 Å². The third-order valence-corrected chi connectivity index (χ3v) is 5.23. The molecule has 0 aromatic heterocycles. The lowest BCUT2D eigenvalue weighted by Crippen LogP contribution is -2.51. The van der Waals surface area contributed by atoms with Gasteiger partial charge in [0, 0.05) is 39.1 Å². The zero-order valence-corrected chi connectivity index (χ0v) is 16.7. The third kappa shape index (κ3) is 5.50. The quantitative estimate of drug-likeness (QED) is 0.383. The summed E-state index contributed by atoms with van der Waals surface area (Å²) >= 11 is 0. The van der Waals surface area contributed by atoms with E-state index in [4.69, 9.17) is 4.99 Å². The second-order valence-corrected chi connectivity index (χ2v) is 7.21. The minimum absolute atomic E-state index is 0. The van der Waals surface area contributed by atoms with Gasteiger partial charge in [-0.2, -0.15) is 0 Å². The van der Waals surface area contributed by atoms with Crippen LogP contribution in [0.2, 0.25) is 0 Å². The molecule has 0 radical (unpaired) electrons. The van der Waals surface area contributed by atoms with Gasteiger partial charge in [0.25, 0.3) is 0 Å². The Morgan fingerprint density at radius 2 is 1.91 bits per heavy atom. The van der Waals surface area contributed by atoms with Crippen molar-refractivity contribution in [3.63, 3.8) is 0 Å². The Balaban J connectivity index is 0.00000192. The molecule has 1 saturated heterocycles. The van der Waals surface area contributed by atoms with Crippen LogP contribution in [-0.4, -0.2) is 49.5 Å². The highest BCUT2D eigenvalue weighted by molar-refractivity contribution is 14.0. The normalized spacial score (nSPS) is 25.3. The minimum Gasteiger partial charge on any atom is -0.357 e. The molecule has 0 aromatic rings. The molecule has 0 bridgehead atoms. The van der Waals surface area contributed by atoms with Crippen molar-refractivity contribution in [3.8, 4) is 0 Å². The SMILES string of the molecule is CCNC(=NCC(C1CC1)C1CC1)NC1CCC(=O)N(C)C1.I. The van der Waals surface area contributed by atoms with E-state index in [1.54, 1.807) is 0 Å². The van der Waals surface area contributed by atoms with Gasteiger partial charge in [0.2, 0.25) is 5.91 Å². The Morgan fingerprint density at radius 3 is 2.43 bits per heavy atom. The first-order valence-corrected chi connectivity index (χ1v) is 8.96. The highest BCUT2D eigenvalue weighted by Gasteiger charge is 2.41. The molecule has 2 N–H and O–H groups in total. The second-order valence-electron chi connectivity index (χ2n) is 7.21. The number of hydrogen-bond acceptors (Lipinski definition) is 2. The van der Waals surface area contributed by atoms with Gasteiger partial charge in [-0.25, -0.2) is 0 Å². The van der Waals surface area contributed by atoms with Crippen molar-refractivity contribution in [1.29, 1.82) is 0 Å². The number of amides is 1. The van der Waals surface area contributed by atoms with Gasteiger partial charge in [-0.15, -0.1) is 24.0 Å². The lowest BCUT2D eigenvalue weighted by molar-refractivity contribution is -0.132. The van der Waals surface area contributed by atoms with Gasteiger partial charge in [-0.05, 0) is 56.8 Å². The van der Waals surface area contributed by atoms with E-state index in [0.717, 1.165) is 49.8 Å². The first-order valence-electron chi connectivity index (χ1n) is 8.96. The number of halogens is 1. The largest absolute Gasteiger partial charge is 0.357 e. The van der Waals surface area contributed by atoms with Crippen molar-refractivity contribution in [2.75, 3.05) is 26.7 Å². The molecule has 1 aliphatic heterocycles. The maximum Gasteiger partial charge on any atom is 0.222 e. The number of carbonyl (C=O) groups excluding carboxylic acids is 1. The monoisotopic (exact) mass is 434 g/mol. The van der Waals surface area contributed by atoms with Crippen LogP contribution in [0.1, 0.15) is 45.4 Å². The number of nitrogens with zero attached hydrogens (tertiary/aromatic N) is 2. The molecule has 0 spiro atoms. The molecule has 1 amide bonds.